The lowest BCUT2D eigenvalue weighted by Crippen LogP contribution is -2.17. The molecule has 1 N–H and O–H groups in total. The summed E-state index contributed by atoms with van der Waals surface area (Å²) in [6, 6.07) is 3.57. The van der Waals surface area contributed by atoms with Crippen molar-refractivity contribution in [3.63, 3.8) is 0 Å². The van der Waals surface area contributed by atoms with E-state index in [2.05, 4.69) is 10.4 Å². The number of nitrogens with one attached hydrogen (secondary N) is 1. The van der Waals surface area contributed by atoms with Crippen molar-refractivity contribution in [1.82, 2.24) is 15.1 Å². The summed E-state index contributed by atoms with van der Waals surface area (Å²) in [6.07, 6.45) is 1.57. The van der Waals surface area contributed by atoms with E-state index >= 15 is 0 Å². The fraction of sp³-hybridized carbons (Fsp3) is 0.438. The molecule has 3 nitrogen and oxygen atoms in total. The molecule has 0 saturated carbocycles. The van der Waals surface area contributed by atoms with Crippen LogP contribution in [0, 0.1) is 25.5 Å². The lowest BCUT2D eigenvalue weighted by atomic mass is 9.98. The van der Waals surface area contributed by atoms with Gasteiger partial charge in [0.15, 0.2) is 0 Å². The van der Waals surface area contributed by atoms with E-state index in [-0.39, 0.29) is 6.04 Å². The van der Waals surface area contributed by atoms with Crippen molar-refractivity contribution in [1.29, 1.82) is 0 Å². The van der Waals surface area contributed by atoms with Crippen LogP contribution in [0.3, 0.4) is 0 Å². The van der Waals surface area contributed by atoms with E-state index in [1.165, 1.54) is 17.7 Å². The highest BCUT2D eigenvalue weighted by atomic mass is 19.1. The Kier molecular flexibility index (Phi) is 4.73. The number of rotatable bonds is 5. The zero-order valence-electron chi connectivity index (χ0n) is 12.9. The molecule has 1 unspecified atom stereocenters. The molecule has 0 aliphatic rings. The molecule has 1 aromatic heterocycles. The first-order valence-corrected chi connectivity index (χ1v) is 7.04. The number of benzene rings is 1. The zero-order chi connectivity index (χ0) is 15.6. The summed E-state index contributed by atoms with van der Waals surface area (Å²) in [5.74, 6) is -1.09. The number of aryl methyl sites for hydroxylation is 2. The van der Waals surface area contributed by atoms with Crippen LogP contribution >= 0.6 is 0 Å². The molecule has 0 bridgehead atoms. The van der Waals surface area contributed by atoms with Crippen molar-refractivity contribution in [3.8, 4) is 0 Å². The van der Waals surface area contributed by atoms with Crippen molar-refractivity contribution < 1.29 is 8.78 Å². The van der Waals surface area contributed by atoms with E-state index in [9.17, 15) is 8.78 Å². The summed E-state index contributed by atoms with van der Waals surface area (Å²) in [7, 11) is 3.72. The zero-order valence-corrected chi connectivity index (χ0v) is 12.9. The van der Waals surface area contributed by atoms with E-state index < -0.39 is 11.6 Å². The van der Waals surface area contributed by atoms with Gasteiger partial charge in [0.2, 0.25) is 0 Å². The highest BCUT2D eigenvalue weighted by molar-refractivity contribution is 5.26. The van der Waals surface area contributed by atoms with Crippen LogP contribution < -0.4 is 5.32 Å². The van der Waals surface area contributed by atoms with Gasteiger partial charge in [0, 0.05) is 24.8 Å². The lowest BCUT2D eigenvalue weighted by Gasteiger charge is -2.17. The summed E-state index contributed by atoms with van der Waals surface area (Å²) >= 11 is 0. The van der Waals surface area contributed by atoms with Crippen LogP contribution in [0.25, 0.3) is 0 Å². The molecule has 114 valence electrons. The van der Waals surface area contributed by atoms with Crippen LogP contribution in [0.5, 0.6) is 0 Å². The first kappa shape index (κ1) is 15.6. The molecular formula is C16H21F2N3. The molecule has 0 aliphatic heterocycles. The second-order valence-electron chi connectivity index (χ2n) is 5.36. The van der Waals surface area contributed by atoms with Crippen molar-refractivity contribution in [3.05, 3.63) is 52.3 Å². The van der Waals surface area contributed by atoms with Gasteiger partial charge in [-0.2, -0.15) is 5.10 Å². The average molecular weight is 293 g/mol. The molecule has 0 fully saturated rings. The Morgan fingerprint density at radius 1 is 1.19 bits per heavy atom. The number of nitrogens with zero attached hydrogens (tertiary/aromatic N) is 2. The molecule has 0 radical (unpaired) electrons. The molecule has 1 aromatic carbocycles. The first-order chi connectivity index (χ1) is 9.92. The van der Waals surface area contributed by atoms with E-state index in [1.54, 1.807) is 7.05 Å². The highest BCUT2D eigenvalue weighted by Crippen LogP contribution is 2.23. The number of aromatic nitrogens is 2. The molecule has 5 heteroatoms. The van der Waals surface area contributed by atoms with Crippen LogP contribution in [0.2, 0.25) is 0 Å². The topological polar surface area (TPSA) is 29.9 Å². The normalized spacial score (nSPS) is 12.7. The van der Waals surface area contributed by atoms with Gasteiger partial charge in [-0.25, -0.2) is 8.78 Å². The minimum Gasteiger partial charge on any atom is -0.313 e. The fourth-order valence-electron chi connectivity index (χ4n) is 2.72. The van der Waals surface area contributed by atoms with Gasteiger partial charge in [-0.1, -0.05) is 0 Å². The maximum Gasteiger partial charge on any atom is 0.126 e. The third-order valence-corrected chi connectivity index (χ3v) is 3.98. The van der Waals surface area contributed by atoms with E-state index in [1.807, 2.05) is 25.6 Å². The Balaban J connectivity index is 2.16. The van der Waals surface area contributed by atoms with Crippen LogP contribution in [0.4, 0.5) is 8.78 Å². The molecule has 0 aliphatic carbocycles. The monoisotopic (exact) mass is 293 g/mol. The summed E-state index contributed by atoms with van der Waals surface area (Å²) < 4.78 is 28.5. The average Bonchev–Trinajstić information content (AvgIpc) is 2.64. The van der Waals surface area contributed by atoms with Crippen LogP contribution in [-0.2, 0) is 13.5 Å². The van der Waals surface area contributed by atoms with E-state index in [4.69, 9.17) is 0 Å². The van der Waals surface area contributed by atoms with Crippen molar-refractivity contribution in [2.24, 2.45) is 7.05 Å². The van der Waals surface area contributed by atoms with Crippen LogP contribution in [0.15, 0.2) is 18.2 Å². The fourth-order valence-corrected chi connectivity index (χ4v) is 2.72. The summed E-state index contributed by atoms with van der Waals surface area (Å²) in [5.41, 5.74) is 3.98. The third-order valence-electron chi connectivity index (χ3n) is 3.98. The molecule has 2 rings (SSSR count). The Morgan fingerprint density at radius 2 is 1.81 bits per heavy atom. The Labute approximate surface area is 124 Å². The molecule has 0 amide bonds. The summed E-state index contributed by atoms with van der Waals surface area (Å²) in [6.45, 7) is 4.02. The maximum atomic E-state index is 13.3. The molecule has 2 aromatic rings. The summed E-state index contributed by atoms with van der Waals surface area (Å²) in [5, 5.41) is 7.52. The number of hydrogen-bond donors (Lipinski definition) is 1. The third kappa shape index (κ3) is 3.47. The van der Waals surface area contributed by atoms with Gasteiger partial charge in [0.05, 0.1) is 5.69 Å². The Hall–Kier alpha value is -1.75. The Bertz CT molecular complexity index is 614. The van der Waals surface area contributed by atoms with Gasteiger partial charge < -0.3 is 5.32 Å². The predicted octanol–water partition coefficient (Wildman–Crippen LogP) is 3.21. The second kappa shape index (κ2) is 6.35. The molecule has 1 heterocycles. The smallest absolute Gasteiger partial charge is 0.126 e. The van der Waals surface area contributed by atoms with Gasteiger partial charge >= 0.3 is 0 Å². The van der Waals surface area contributed by atoms with Crippen molar-refractivity contribution in [2.45, 2.75) is 32.7 Å². The quantitative estimate of drug-likeness (QED) is 0.917. The van der Waals surface area contributed by atoms with E-state index in [0.29, 0.717) is 5.56 Å². The molecule has 21 heavy (non-hydrogen) atoms. The maximum absolute atomic E-state index is 13.3. The molecule has 1 atom stereocenters. The lowest BCUT2D eigenvalue weighted by molar-refractivity contribution is 0.527. The SMILES string of the molecule is CNC(CCc1c(C)nn(C)c1C)c1cc(F)cc(F)c1. The second-order valence-corrected chi connectivity index (χ2v) is 5.36. The van der Waals surface area contributed by atoms with Crippen LogP contribution in [0.1, 0.15) is 35.0 Å². The molecular weight excluding hydrogens is 272 g/mol. The Morgan fingerprint density at radius 3 is 2.29 bits per heavy atom. The van der Waals surface area contributed by atoms with E-state index in [0.717, 1.165) is 30.3 Å². The van der Waals surface area contributed by atoms with Gasteiger partial charge in [-0.3, -0.25) is 4.68 Å². The van der Waals surface area contributed by atoms with Gasteiger partial charge in [-0.05, 0) is 57.0 Å². The minimum atomic E-state index is -0.543. The van der Waals surface area contributed by atoms with Gasteiger partial charge in [0.25, 0.3) is 0 Å². The van der Waals surface area contributed by atoms with Crippen LogP contribution in [-0.4, -0.2) is 16.8 Å². The molecule has 0 saturated heterocycles. The van der Waals surface area contributed by atoms with Crippen molar-refractivity contribution in [2.75, 3.05) is 7.05 Å². The minimum absolute atomic E-state index is 0.0887. The predicted molar refractivity (Wildman–Crippen MR) is 79.2 cm³/mol. The number of hydrogen-bond acceptors (Lipinski definition) is 2. The van der Waals surface area contributed by atoms with Crippen molar-refractivity contribution >= 4 is 0 Å². The number of halogens is 2. The standard InChI is InChI=1S/C16H21F2N3/c1-10-15(11(2)21(4)20-10)5-6-16(19-3)12-7-13(17)9-14(18)8-12/h7-9,16,19H,5-6H2,1-4H3. The van der Waals surface area contributed by atoms with Gasteiger partial charge in [0.1, 0.15) is 11.6 Å². The largest absolute Gasteiger partial charge is 0.313 e. The van der Waals surface area contributed by atoms with Gasteiger partial charge in [-0.15, -0.1) is 0 Å². The highest BCUT2D eigenvalue weighted by Gasteiger charge is 2.15. The first-order valence-electron chi connectivity index (χ1n) is 7.04. The molecule has 0 spiro atoms. The summed E-state index contributed by atoms with van der Waals surface area (Å²) in [4.78, 5) is 0.